The van der Waals surface area contributed by atoms with Crippen molar-refractivity contribution >= 4 is 47.0 Å². The predicted molar refractivity (Wildman–Crippen MR) is 66.0 cm³/mol. The Morgan fingerprint density at radius 1 is 0.778 bits per heavy atom. The number of Topliss-reactive ketones (excluding diaryl/α,β-unsaturated/α-hetero) is 2. The Morgan fingerprint density at radius 2 is 1.06 bits per heavy atom. The monoisotopic (exact) mass is 292 g/mol. The number of rotatable bonds is 4. The average Bonchev–Trinajstić information content (AvgIpc) is 2.26. The van der Waals surface area contributed by atoms with Crippen LogP contribution in [-0.2, 0) is 28.7 Å². The lowest BCUT2D eigenvalue weighted by Gasteiger charge is -2.47. The Hall–Kier alpha value is -1.02. The van der Waals surface area contributed by atoms with E-state index in [0.29, 0.717) is 23.5 Å². The van der Waals surface area contributed by atoms with E-state index in [1.165, 1.54) is 13.8 Å². The molecule has 6 nitrogen and oxygen atoms in total. The van der Waals surface area contributed by atoms with Crippen LogP contribution in [0.25, 0.3) is 0 Å². The molecule has 1 rings (SSSR count). The van der Waals surface area contributed by atoms with Crippen LogP contribution >= 0.6 is 23.5 Å². The fraction of sp³-hybridized carbons (Fsp3) is 0.600. The van der Waals surface area contributed by atoms with Crippen LogP contribution in [-0.4, -0.2) is 45.9 Å². The SMILES string of the molecule is COC(=O)C1(C(C)=O)SC(C(C)=O)(C(=O)OC)S1. The molecule has 1 saturated heterocycles. The molecule has 0 unspecified atom stereocenters. The highest BCUT2D eigenvalue weighted by atomic mass is 32.3. The van der Waals surface area contributed by atoms with Gasteiger partial charge in [0.25, 0.3) is 0 Å². The van der Waals surface area contributed by atoms with Crippen molar-refractivity contribution < 1.29 is 28.7 Å². The summed E-state index contributed by atoms with van der Waals surface area (Å²) in [5.41, 5.74) is 0. The normalized spacial score (nSPS) is 30.0. The van der Waals surface area contributed by atoms with E-state index in [9.17, 15) is 19.2 Å². The Morgan fingerprint density at radius 3 is 1.22 bits per heavy atom. The predicted octanol–water partition coefficient (Wildman–Crippen LogP) is 0.383. The van der Waals surface area contributed by atoms with Gasteiger partial charge in [-0.1, -0.05) is 23.5 Å². The van der Waals surface area contributed by atoms with E-state index in [1.807, 2.05) is 0 Å². The second-order valence-electron chi connectivity index (χ2n) is 3.53. The van der Waals surface area contributed by atoms with Crippen molar-refractivity contribution in [2.45, 2.75) is 22.0 Å². The summed E-state index contributed by atoms with van der Waals surface area (Å²) < 4.78 is 5.96. The Balaban J connectivity index is 3.10. The number of ether oxygens (including phenoxy) is 2. The summed E-state index contributed by atoms with van der Waals surface area (Å²) >= 11 is 1.33. The second kappa shape index (κ2) is 4.93. The van der Waals surface area contributed by atoms with E-state index in [2.05, 4.69) is 9.47 Å². The summed E-state index contributed by atoms with van der Waals surface area (Å²) in [6.07, 6.45) is 0. The molecule has 1 aliphatic rings. The van der Waals surface area contributed by atoms with Crippen molar-refractivity contribution in [2.75, 3.05) is 14.2 Å². The highest BCUT2D eigenvalue weighted by molar-refractivity contribution is 8.39. The number of carbonyl (C=O) groups excluding carboxylic acids is 4. The van der Waals surface area contributed by atoms with Crippen molar-refractivity contribution in [2.24, 2.45) is 0 Å². The van der Waals surface area contributed by atoms with Crippen LogP contribution in [0.5, 0.6) is 0 Å². The molecular weight excluding hydrogens is 280 g/mol. The number of hydrogen-bond donors (Lipinski definition) is 0. The van der Waals surface area contributed by atoms with Crippen molar-refractivity contribution in [3.63, 3.8) is 0 Å². The largest absolute Gasteiger partial charge is 0.467 e. The number of carbonyl (C=O) groups is 4. The van der Waals surface area contributed by atoms with Gasteiger partial charge in [-0.3, -0.25) is 9.59 Å². The minimum absolute atomic E-state index is 0.481. The van der Waals surface area contributed by atoms with Gasteiger partial charge < -0.3 is 9.47 Å². The van der Waals surface area contributed by atoms with Gasteiger partial charge in [-0.2, -0.15) is 0 Å². The maximum absolute atomic E-state index is 11.6. The number of methoxy groups -OCH3 is 2. The fourth-order valence-electron chi connectivity index (χ4n) is 1.42. The Kier molecular flexibility index (Phi) is 4.12. The number of esters is 2. The highest BCUT2D eigenvalue weighted by Crippen LogP contribution is 2.66. The first kappa shape index (κ1) is 15.0. The van der Waals surface area contributed by atoms with Crippen LogP contribution < -0.4 is 0 Å². The molecular formula is C10H12O6S2. The molecule has 0 amide bonds. The molecule has 0 saturated carbocycles. The topological polar surface area (TPSA) is 86.7 Å². The maximum Gasteiger partial charge on any atom is 0.340 e. The molecule has 1 aliphatic heterocycles. The van der Waals surface area contributed by atoms with E-state index < -0.39 is 31.7 Å². The van der Waals surface area contributed by atoms with Gasteiger partial charge in [0.15, 0.2) is 11.6 Å². The molecule has 0 aromatic carbocycles. The standard InChI is InChI=1S/C10H12O6S2/c1-5(11)9(7(13)15-3)17-10(18-9,6(2)12)8(14)16-4/h1-4H3. The summed E-state index contributed by atoms with van der Waals surface area (Å²) in [7, 11) is 2.28. The molecule has 0 aliphatic carbocycles. The zero-order valence-corrected chi connectivity index (χ0v) is 11.9. The number of hydrogen-bond acceptors (Lipinski definition) is 8. The summed E-state index contributed by atoms with van der Waals surface area (Å²) in [5.74, 6) is -2.54. The van der Waals surface area contributed by atoms with Crippen LogP contribution in [0.4, 0.5) is 0 Å². The quantitative estimate of drug-likeness (QED) is 0.543. The maximum atomic E-state index is 11.6. The lowest BCUT2D eigenvalue weighted by molar-refractivity contribution is -0.144. The molecule has 0 atom stereocenters. The molecule has 1 heterocycles. The molecule has 0 aromatic rings. The van der Waals surface area contributed by atoms with E-state index in [-0.39, 0.29) is 0 Å². The van der Waals surface area contributed by atoms with Gasteiger partial charge in [-0.25, -0.2) is 9.59 Å². The minimum Gasteiger partial charge on any atom is -0.467 e. The Labute approximate surface area is 112 Å². The lowest BCUT2D eigenvalue weighted by Crippen LogP contribution is -2.61. The number of ketones is 2. The first-order valence-electron chi connectivity index (χ1n) is 4.86. The molecule has 8 heteroatoms. The van der Waals surface area contributed by atoms with Crippen molar-refractivity contribution in [1.82, 2.24) is 0 Å². The average molecular weight is 292 g/mol. The first-order chi connectivity index (χ1) is 8.26. The van der Waals surface area contributed by atoms with Crippen LogP contribution in [0.3, 0.4) is 0 Å². The van der Waals surface area contributed by atoms with Gasteiger partial charge in [0, 0.05) is 0 Å². The van der Waals surface area contributed by atoms with Crippen molar-refractivity contribution in [3.05, 3.63) is 0 Å². The minimum atomic E-state index is -1.56. The lowest BCUT2D eigenvalue weighted by atomic mass is 10.3. The summed E-state index contributed by atoms with van der Waals surface area (Å²) in [5, 5.41) is 0. The molecule has 18 heavy (non-hydrogen) atoms. The molecule has 100 valence electrons. The fourth-order valence-corrected chi connectivity index (χ4v) is 4.74. The van der Waals surface area contributed by atoms with E-state index in [0.717, 1.165) is 14.2 Å². The first-order valence-corrected chi connectivity index (χ1v) is 6.49. The molecule has 1 fully saturated rings. The van der Waals surface area contributed by atoms with Gasteiger partial charge in [0.1, 0.15) is 0 Å². The zero-order chi connectivity index (χ0) is 14.1. The van der Waals surface area contributed by atoms with Crippen LogP contribution in [0.1, 0.15) is 13.8 Å². The van der Waals surface area contributed by atoms with E-state index in [4.69, 9.17) is 0 Å². The van der Waals surface area contributed by atoms with E-state index in [1.54, 1.807) is 0 Å². The Bertz CT molecular complexity index is 386. The van der Waals surface area contributed by atoms with Gasteiger partial charge in [-0.05, 0) is 13.8 Å². The molecule has 0 spiro atoms. The third-order valence-corrected chi connectivity index (χ3v) is 6.38. The summed E-state index contributed by atoms with van der Waals surface area (Å²) in [6, 6.07) is 0. The van der Waals surface area contributed by atoms with Crippen molar-refractivity contribution in [3.8, 4) is 0 Å². The third kappa shape index (κ3) is 1.93. The second-order valence-corrected chi connectivity index (χ2v) is 6.91. The van der Waals surface area contributed by atoms with Crippen LogP contribution in [0, 0.1) is 0 Å². The van der Waals surface area contributed by atoms with Gasteiger partial charge >= 0.3 is 11.9 Å². The van der Waals surface area contributed by atoms with E-state index >= 15 is 0 Å². The van der Waals surface area contributed by atoms with Gasteiger partial charge in [0.2, 0.25) is 8.16 Å². The van der Waals surface area contributed by atoms with Crippen LogP contribution in [0.15, 0.2) is 0 Å². The molecule has 0 aromatic heterocycles. The molecule has 0 radical (unpaired) electrons. The van der Waals surface area contributed by atoms with Crippen LogP contribution in [0.2, 0.25) is 0 Å². The van der Waals surface area contributed by atoms with Gasteiger partial charge in [-0.15, -0.1) is 0 Å². The number of thioether (sulfide) groups is 2. The molecule has 0 N–H and O–H groups in total. The zero-order valence-electron chi connectivity index (χ0n) is 10.3. The summed E-state index contributed by atoms with van der Waals surface area (Å²) in [6.45, 7) is 2.41. The third-order valence-electron chi connectivity index (χ3n) is 2.41. The highest BCUT2D eigenvalue weighted by Gasteiger charge is 2.71. The van der Waals surface area contributed by atoms with Gasteiger partial charge in [0.05, 0.1) is 14.2 Å². The smallest absolute Gasteiger partial charge is 0.340 e. The van der Waals surface area contributed by atoms with Crippen molar-refractivity contribution in [1.29, 1.82) is 0 Å². The summed E-state index contributed by atoms with van der Waals surface area (Å²) in [4.78, 5) is 46.4. The molecule has 0 bridgehead atoms.